The molecule has 1 saturated heterocycles. The minimum absolute atomic E-state index is 0.531. The summed E-state index contributed by atoms with van der Waals surface area (Å²) < 4.78 is 5.70. The molecule has 19 heavy (non-hydrogen) atoms. The van der Waals surface area contributed by atoms with Gasteiger partial charge in [-0.3, -0.25) is 0 Å². The summed E-state index contributed by atoms with van der Waals surface area (Å²) in [6.45, 7) is 6.86. The average molecular weight is 260 g/mol. The number of fused-ring (bicyclic) bond motifs is 1. The fraction of sp³-hybridized carbons (Fsp3) is 0.625. The maximum atomic E-state index is 5.70. The van der Waals surface area contributed by atoms with Crippen LogP contribution in [0, 0.1) is 0 Å². The number of nitrogens with one attached hydrogen (secondary N) is 1. The molecule has 0 aromatic heterocycles. The maximum absolute atomic E-state index is 5.70. The van der Waals surface area contributed by atoms with E-state index in [0.29, 0.717) is 5.92 Å². The molecule has 1 fully saturated rings. The highest BCUT2D eigenvalue weighted by Crippen LogP contribution is 2.32. The lowest BCUT2D eigenvalue weighted by Gasteiger charge is -2.15. The second-order valence-corrected chi connectivity index (χ2v) is 5.65. The molecule has 0 aliphatic carbocycles. The summed E-state index contributed by atoms with van der Waals surface area (Å²) in [6, 6.07) is 8.42. The Morgan fingerprint density at radius 1 is 1.21 bits per heavy atom. The van der Waals surface area contributed by atoms with Gasteiger partial charge in [-0.05, 0) is 51.5 Å². The molecule has 0 bridgehead atoms. The highest BCUT2D eigenvalue weighted by Gasteiger charge is 2.22. The number of para-hydroxylation sites is 1. The van der Waals surface area contributed by atoms with Gasteiger partial charge >= 0.3 is 0 Å². The molecule has 104 valence electrons. The molecule has 0 radical (unpaired) electrons. The zero-order valence-corrected chi connectivity index (χ0v) is 11.6. The average Bonchev–Trinajstić information content (AvgIpc) is 3.08. The van der Waals surface area contributed by atoms with Crippen LogP contribution in [0.1, 0.15) is 30.7 Å². The van der Waals surface area contributed by atoms with E-state index in [2.05, 4.69) is 28.4 Å². The summed E-state index contributed by atoms with van der Waals surface area (Å²) in [5.74, 6) is 1.61. The summed E-state index contributed by atoms with van der Waals surface area (Å²) in [4.78, 5) is 2.58. The van der Waals surface area contributed by atoms with Gasteiger partial charge in [0.25, 0.3) is 0 Å². The molecule has 3 nitrogen and oxygen atoms in total. The third-order valence-corrected chi connectivity index (χ3v) is 4.22. The van der Waals surface area contributed by atoms with Crippen molar-refractivity contribution < 1.29 is 4.74 Å². The Labute approximate surface area is 115 Å². The molecule has 1 aromatic carbocycles. The van der Waals surface area contributed by atoms with Gasteiger partial charge in [0.1, 0.15) is 5.75 Å². The van der Waals surface area contributed by atoms with Crippen molar-refractivity contribution in [2.45, 2.75) is 25.2 Å². The van der Waals surface area contributed by atoms with Crippen molar-refractivity contribution in [1.82, 2.24) is 10.2 Å². The molecule has 0 saturated carbocycles. The van der Waals surface area contributed by atoms with E-state index in [0.717, 1.165) is 25.4 Å². The summed E-state index contributed by atoms with van der Waals surface area (Å²) in [7, 11) is 0. The second kappa shape index (κ2) is 6.40. The van der Waals surface area contributed by atoms with Crippen LogP contribution < -0.4 is 10.1 Å². The molecule has 1 N–H and O–H groups in total. The minimum atomic E-state index is 0.531. The van der Waals surface area contributed by atoms with E-state index < -0.39 is 0 Å². The van der Waals surface area contributed by atoms with Crippen molar-refractivity contribution in [3.05, 3.63) is 29.8 Å². The lowest BCUT2D eigenvalue weighted by Crippen LogP contribution is -2.27. The number of nitrogens with zero attached hydrogens (tertiary/aromatic N) is 1. The smallest absolute Gasteiger partial charge is 0.122 e. The molecule has 3 heteroatoms. The van der Waals surface area contributed by atoms with E-state index in [1.807, 2.05) is 6.07 Å². The molecule has 2 aliphatic rings. The lowest BCUT2D eigenvalue weighted by molar-refractivity contribution is 0.317. The normalized spacial score (nSPS) is 22.4. The third kappa shape index (κ3) is 3.28. The fourth-order valence-corrected chi connectivity index (χ4v) is 3.11. The van der Waals surface area contributed by atoms with Crippen LogP contribution in [0.5, 0.6) is 5.75 Å². The van der Waals surface area contributed by atoms with E-state index in [-0.39, 0.29) is 0 Å². The van der Waals surface area contributed by atoms with E-state index in [9.17, 15) is 0 Å². The number of benzene rings is 1. The molecule has 1 atom stereocenters. The Bertz CT molecular complexity index is 401. The largest absolute Gasteiger partial charge is 0.493 e. The Kier molecular flexibility index (Phi) is 4.36. The zero-order chi connectivity index (χ0) is 12.9. The predicted molar refractivity (Wildman–Crippen MR) is 77.8 cm³/mol. The topological polar surface area (TPSA) is 24.5 Å². The summed E-state index contributed by atoms with van der Waals surface area (Å²) in [5, 5.41) is 3.59. The molecule has 2 heterocycles. The van der Waals surface area contributed by atoms with Crippen LogP contribution in [0.3, 0.4) is 0 Å². The third-order valence-electron chi connectivity index (χ3n) is 4.22. The van der Waals surface area contributed by atoms with Gasteiger partial charge < -0.3 is 15.0 Å². The monoisotopic (exact) mass is 260 g/mol. The van der Waals surface area contributed by atoms with E-state index in [1.54, 1.807) is 0 Å². The first-order valence-corrected chi connectivity index (χ1v) is 7.58. The van der Waals surface area contributed by atoms with E-state index >= 15 is 0 Å². The van der Waals surface area contributed by atoms with Crippen molar-refractivity contribution >= 4 is 0 Å². The SMILES string of the molecule is c1ccc2c(c1)OCC2CNCCCN1CCCC1. The van der Waals surface area contributed by atoms with E-state index in [1.165, 1.54) is 44.5 Å². The number of hydrogen-bond donors (Lipinski definition) is 1. The Morgan fingerprint density at radius 3 is 2.95 bits per heavy atom. The minimum Gasteiger partial charge on any atom is -0.493 e. The zero-order valence-electron chi connectivity index (χ0n) is 11.6. The van der Waals surface area contributed by atoms with Crippen LogP contribution >= 0.6 is 0 Å². The second-order valence-electron chi connectivity index (χ2n) is 5.65. The summed E-state index contributed by atoms with van der Waals surface area (Å²) >= 11 is 0. The molecule has 0 amide bonds. The van der Waals surface area contributed by atoms with Crippen molar-refractivity contribution in [1.29, 1.82) is 0 Å². The van der Waals surface area contributed by atoms with Gasteiger partial charge in [0.15, 0.2) is 0 Å². The summed E-state index contributed by atoms with van der Waals surface area (Å²) in [5.41, 5.74) is 1.37. The predicted octanol–water partition coefficient (Wildman–Crippen LogP) is 2.24. The van der Waals surface area contributed by atoms with Gasteiger partial charge in [0.2, 0.25) is 0 Å². The molecule has 1 unspecified atom stereocenters. The number of rotatable bonds is 6. The van der Waals surface area contributed by atoms with Crippen molar-refractivity contribution in [3.8, 4) is 5.75 Å². The van der Waals surface area contributed by atoms with Crippen LogP contribution in [0.15, 0.2) is 24.3 Å². The van der Waals surface area contributed by atoms with Crippen molar-refractivity contribution in [2.24, 2.45) is 0 Å². The van der Waals surface area contributed by atoms with Crippen molar-refractivity contribution in [3.63, 3.8) is 0 Å². The van der Waals surface area contributed by atoms with Gasteiger partial charge in [-0.15, -0.1) is 0 Å². The van der Waals surface area contributed by atoms with Gasteiger partial charge in [0, 0.05) is 18.0 Å². The van der Waals surface area contributed by atoms with Crippen molar-refractivity contribution in [2.75, 3.05) is 39.3 Å². The standard InChI is InChI=1S/C16H24N2O/c1-2-7-16-15(6-1)14(13-19-16)12-17-8-5-11-18-9-3-4-10-18/h1-2,6-7,14,17H,3-5,8-13H2. The molecular weight excluding hydrogens is 236 g/mol. The van der Waals surface area contributed by atoms with Gasteiger partial charge in [0.05, 0.1) is 6.61 Å². The van der Waals surface area contributed by atoms with Gasteiger partial charge in [-0.2, -0.15) is 0 Å². The number of ether oxygens (including phenoxy) is 1. The van der Waals surface area contributed by atoms with Crippen LogP contribution in [0.4, 0.5) is 0 Å². The lowest BCUT2D eigenvalue weighted by atomic mass is 10.0. The highest BCUT2D eigenvalue weighted by atomic mass is 16.5. The van der Waals surface area contributed by atoms with Gasteiger partial charge in [-0.25, -0.2) is 0 Å². The molecule has 1 aromatic rings. The van der Waals surface area contributed by atoms with Crippen LogP contribution in [0.25, 0.3) is 0 Å². The first kappa shape index (κ1) is 12.9. The Morgan fingerprint density at radius 2 is 2.05 bits per heavy atom. The number of hydrogen-bond acceptors (Lipinski definition) is 3. The summed E-state index contributed by atoms with van der Waals surface area (Å²) in [6.07, 6.45) is 4.04. The molecular formula is C16H24N2O. The van der Waals surface area contributed by atoms with Gasteiger partial charge in [-0.1, -0.05) is 18.2 Å². The van der Waals surface area contributed by atoms with E-state index in [4.69, 9.17) is 4.74 Å². The van der Waals surface area contributed by atoms with Crippen LogP contribution in [-0.4, -0.2) is 44.2 Å². The maximum Gasteiger partial charge on any atom is 0.122 e. The Balaban J connectivity index is 1.34. The molecule has 2 aliphatic heterocycles. The first-order valence-electron chi connectivity index (χ1n) is 7.58. The quantitative estimate of drug-likeness (QED) is 0.794. The molecule has 0 spiro atoms. The van der Waals surface area contributed by atoms with Crippen LogP contribution in [-0.2, 0) is 0 Å². The molecule has 3 rings (SSSR count). The highest BCUT2D eigenvalue weighted by molar-refractivity contribution is 5.39. The number of likely N-dealkylation sites (tertiary alicyclic amines) is 1. The first-order chi connectivity index (χ1) is 9.43. The fourth-order valence-electron chi connectivity index (χ4n) is 3.11. The van der Waals surface area contributed by atoms with Crippen LogP contribution in [0.2, 0.25) is 0 Å². The Hall–Kier alpha value is -1.06.